The Labute approximate surface area is 102 Å². The summed E-state index contributed by atoms with van der Waals surface area (Å²) >= 11 is 0. The molecule has 0 aliphatic rings. The van der Waals surface area contributed by atoms with E-state index in [9.17, 15) is 0 Å². The summed E-state index contributed by atoms with van der Waals surface area (Å²) in [7, 11) is 1.72. The van der Waals surface area contributed by atoms with Crippen LogP contribution in [0.15, 0.2) is 24.5 Å². The van der Waals surface area contributed by atoms with Gasteiger partial charge in [0.25, 0.3) is 0 Å². The molecule has 0 atom stereocenters. The summed E-state index contributed by atoms with van der Waals surface area (Å²) in [6, 6.07) is 4.24. The molecule has 0 amide bonds. The molecule has 0 fully saturated rings. The topological polar surface area (TPSA) is 29.8 Å². The van der Waals surface area contributed by atoms with E-state index in [1.807, 2.05) is 12.4 Å². The highest BCUT2D eigenvalue weighted by molar-refractivity contribution is 5.54. The molecule has 2 rings (SSSR count). The average Bonchev–Trinajstić information content (AvgIpc) is 2.79. The van der Waals surface area contributed by atoms with Gasteiger partial charge in [-0.2, -0.15) is 0 Å². The van der Waals surface area contributed by atoms with E-state index in [0.29, 0.717) is 6.61 Å². The van der Waals surface area contributed by atoms with E-state index >= 15 is 0 Å². The van der Waals surface area contributed by atoms with Crippen molar-refractivity contribution >= 4 is 11.5 Å². The van der Waals surface area contributed by atoms with Gasteiger partial charge in [-0.3, -0.25) is 4.40 Å². The number of ether oxygens (including phenoxy) is 1. The van der Waals surface area contributed by atoms with Crippen molar-refractivity contribution < 1.29 is 4.74 Å². The van der Waals surface area contributed by atoms with Gasteiger partial charge < -0.3 is 9.64 Å². The maximum absolute atomic E-state index is 5.20. The monoisotopic (exact) mass is 233 g/mol. The normalized spacial score (nSPS) is 11.0. The van der Waals surface area contributed by atoms with E-state index in [1.165, 1.54) is 5.82 Å². The zero-order valence-electron chi connectivity index (χ0n) is 10.7. The van der Waals surface area contributed by atoms with E-state index in [1.54, 1.807) is 7.11 Å². The molecule has 4 heteroatoms. The Bertz CT molecular complexity index is 488. The number of hydrogen-bond donors (Lipinski definition) is 0. The van der Waals surface area contributed by atoms with Gasteiger partial charge in [-0.1, -0.05) is 0 Å². The molecule has 0 spiro atoms. The Morgan fingerprint density at radius 2 is 2.06 bits per heavy atom. The van der Waals surface area contributed by atoms with Crippen LogP contribution in [0, 0.1) is 0 Å². The first-order chi connectivity index (χ1) is 8.30. The second-order valence-corrected chi connectivity index (χ2v) is 3.98. The highest BCUT2D eigenvalue weighted by Crippen LogP contribution is 2.19. The summed E-state index contributed by atoms with van der Waals surface area (Å²) in [5.41, 5.74) is 2.13. The Hall–Kier alpha value is -1.55. The van der Waals surface area contributed by atoms with Crippen molar-refractivity contribution in [1.29, 1.82) is 0 Å². The fourth-order valence-electron chi connectivity index (χ4n) is 2.10. The van der Waals surface area contributed by atoms with Crippen LogP contribution in [0.2, 0.25) is 0 Å². The third kappa shape index (κ3) is 2.26. The quantitative estimate of drug-likeness (QED) is 0.794. The predicted molar refractivity (Wildman–Crippen MR) is 69.5 cm³/mol. The van der Waals surface area contributed by atoms with E-state index < -0.39 is 0 Å². The maximum Gasteiger partial charge on any atom is 0.138 e. The van der Waals surface area contributed by atoms with E-state index in [0.717, 1.165) is 24.3 Å². The van der Waals surface area contributed by atoms with Crippen LogP contribution in [0.3, 0.4) is 0 Å². The molecule has 4 nitrogen and oxygen atoms in total. The first kappa shape index (κ1) is 11.9. The lowest BCUT2D eigenvalue weighted by Crippen LogP contribution is -2.24. The molecule has 0 N–H and O–H groups in total. The molecule has 0 aliphatic heterocycles. The third-order valence-electron chi connectivity index (χ3n) is 2.94. The number of imidazole rings is 1. The van der Waals surface area contributed by atoms with Gasteiger partial charge in [-0.15, -0.1) is 0 Å². The first-order valence-corrected chi connectivity index (χ1v) is 6.00. The van der Waals surface area contributed by atoms with Crippen molar-refractivity contribution in [1.82, 2.24) is 9.38 Å². The van der Waals surface area contributed by atoms with Gasteiger partial charge in [0.05, 0.1) is 6.61 Å². The summed E-state index contributed by atoms with van der Waals surface area (Å²) in [4.78, 5) is 6.67. The van der Waals surface area contributed by atoms with Crippen LogP contribution < -0.4 is 4.90 Å². The summed E-state index contributed by atoms with van der Waals surface area (Å²) in [6.07, 6.45) is 3.83. The number of fused-ring (bicyclic) bond motifs is 1. The molecule has 0 aromatic carbocycles. The molecular formula is C13H19N3O. The SMILES string of the molecule is CCN(CC)c1cc(COC)cc2nccn12. The van der Waals surface area contributed by atoms with E-state index in [-0.39, 0.29) is 0 Å². The lowest BCUT2D eigenvalue weighted by atomic mass is 10.2. The molecule has 0 saturated carbocycles. The van der Waals surface area contributed by atoms with Gasteiger partial charge in [0.15, 0.2) is 0 Å². The van der Waals surface area contributed by atoms with Gasteiger partial charge in [0, 0.05) is 32.6 Å². The van der Waals surface area contributed by atoms with Crippen LogP contribution in [0.25, 0.3) is 5.65 Å². The zero-order valence-corrected chi connectivity index (χ0v) is 10.7. The molecule has 17 heavy (non-hydrogen) atoms. The van der Waals surface area contributed by atoms with E-state index in [4.69, 9.17) is 4.74 Å². The number of pyridine rings is 1. The molecule has 92 valence electrons. The summed E-state index contributed by atoms with van der Waals surface area (Å²) in [6.45, 7) is 6.92. The smallest absolute Gasteiger partial charge is 0.138 e. The average molecular weight is 233 g/mol. The highest BCUT2D eigenvalue weighted by Gasteiger charge is 2.09. The van der Waals surface area contributed by atoms with Crippen molar-refractivity contribution in [2.45, 2.75) is 20.5 Å². The van der Waals surface area contributed by atoms with E-state index in [2.05, 4.69) is 40.3 Å². The molecule has 2 aromatic heterocycles. The van der Waals surface area contributed by atoms with Crippen LogP contribution in [0.5, 0.6) is 0 Å². The standard InChI is InChI=1S/C13H19N3O/c1-4-15(5-2)13-9-11(10-17-3)8-12-14-6-7-16(12)13/h6-9H,4-5,10H2,1-3H3. The Morgan fingerprint density at radius 1 is 1.29 bits per heavy atom. The minimum atomic E-state index is 0.623. The van der Waals surface area contributed by atoms with Crippen molar-refractivity contribution in [3.05, 3.63) is 30.1 Å². The molecule has 2 heterocycles. The molecular weight excluding hydrogens is 214 g/mol. The van der Waals surface area contributed by atoms with Gasteiger partial charge in [-0.05, 0) is 31.5 Å². The minimum Gasteiger partial charge on any atom is -0.380 e. The number of methoxy groups -OCH3 is 1. The van der Waals surface area contributed by atoms with Gasteiger partial charge >= 0.3 is 0 Å². The molecule has 0 radical (unpaired) electrons. The van der Waals surface area contributed by atoms with Crippen LogP contribution in [-0.2, 0) is 11.3 Å². The lowest BCUT2D eigenvalue weighted by molar-refractivity contribution is 0.185. The summed E-state index contributed by atoms with van der Waals surface area (Å²) in [5.74, 6) is 1.18. The van der Waals surface area contributed by atoms with Gasteiger partial charge in [-0.25, -0.2) is 4.98 Å². The van der Waals surface area contributed by atoms with Crippen LogP contribution in [-0.4, -0.2) is 29.6 Å². The number of rotatable bonds is 5. The Kier molecular flexibility index (Phi) is 3.64. The molecule has 0 saturated heterocycles. The Morgan fingerprint density at radius 3 is 2.71 bits per heavy atom. The van der Waals surface area contributed by atoms with Crippen LogP contribution in [0.1, 0.15) is 19.4 Å². The summed E-state index contributed by atoms with van der Waals surface area (Å²) in [5, 5.41) is 0. The van der Waals surface area contributed by atoms with Crippen LogP contribution >= 0.6 is 0 Å². The number of aromatic nitrogens is 2. The molecule has 0 unspecified atom stereocenters. The van der Waals surface area contributed by atoms with Gasteiger partial charge in [0.2, 0.25) is 0 Å². The number of anilines is 1. The molecule has 0 bridgehead atoms. The fourth-order valence-corrected chi connectivity index (χ4v) is 2.10. The summed E-state index contributed by atoms with van der Waals surface area (Å²) < 4.78 is 7.32. The van der Waals surface area contributed by atoms with Gasteiger partial charge in [0.1, 0.15) is 11.5 Å². The fraction of sp³-hybridized carbons (Fsp3) is 0.462. The Balaban J connectivity index is 2.53. The molecule has 2 aromatic rings. The third-order valence-corrected chi connectivity index (χ3v) is 2.94. The van der Waals surface area contributed by atoms with Crippen molar-refractivity contribution in [3.8, 4) is 0 Å². The second-order valence-electron chi connectivity index (χ2n) is 3.98. The largest absolute Gasteiger partial charge is 0.380 e. The van der Waals surface area contributed by atoms with Crippen molar-refractivity contribution in [2.75, 3.05) is 25.1 Å². The molecule has 0 aliphatic carbocycles. The number of hydrogen-bond acceptors (Lipinski definition) is 3. The second kappa shape index (κ2) is 5.19. The maximum atomic E-state index is 5.20. The van der Waals surface area contributed by atoms with Crippen molar-refractivity contribution in [2.24, 2.45) is 0 Å². The highest BCUT2D eigenvalue weighted by atomic mass is 16.5. The lowest BCUT2D eigenvalue weighted by Gasteiger charge is -2.23. The zero-order chi connectivity index (χ0) is 12.3. The van der Waals surface area contributed by atoms with Crippen molar-refractivity contribution in [3.63, 3.8) is 0 Å². The van der Waals surface area contributed by atoms with Crippen LogP contribution in [0.4, 0.5) is 5.82 Å². The number of nitrogens with zero attached hydrogens (tertiary/aromatic N) is 3. The first-order valence-electron chi connectivity index (χ1n) is 6.00. The minimum absolute atomic E-state index is 0.623. The predicted octanol–water partition coefficient (Wildman–Crippen LogP) is 2.33.